The van der Waals surface area contributed by atoms with E-state index in [1.54, 1.807) is 11.9 Å². The van der Waals surface area contributed by atoms with E-state index >= 15 is 0 Å². The highest BCUT2D eigenvalue weighted by atomic mass is 16.2. The summed E-state index contributed by atoms with van der Waals surface area (Å²) in [5, 5.41) is 2.97. The smallest absolute Gasteiger partial charge is 0.238 e. The summed E-state index contributed by atoms with van der Waals surface area (Å²) in [5.41, 5.74) is 0.313. The van der Waals surface area contributed by atoms with Crippen LogP contribution in [0.25, 0.3) is 0 Å². The summed E-state index contributed by atoms with van der Waals surface area (Å²) < 4.78 is 0. The van der Waals surface area contributed by atoms with E-state index < -0.39 is 5.41 Å². The number of nitrogens with zero attached hydrogens (tertiary/aromatic N) is 1. The Morgan fingerprint density at radius 2 is 1.90 bits per heavy atom. The first-order chi connectivity index (χ1) is 9.62. The molecule has 0 aromatic heterocycles. The largest absolute Gasteiger partial charge is 0.352 e. The lowest BCUT2D eigenvalue weighted by molar-refractivity contribution is -0.143. The minimum atomic E-state index is -0.772. The van der Waals surface area contributed by atoms with Gasteiger partial charge in [0.15, 0.2) is 0 Å². The van der Waals surface area contributed by atoms with Gasteiger partial charge in [0, 0.05) is 19.6 Å². The van der Waals surface area contributed by atoms with E-state index in [0.29, 0.717) is 25.4 Å². The maximum absolute atomic E-state index is 12.5. The topological polar surface area (TPSA) is 49.4 Å². The number of hydrogen-bond donors (Lipinski definition) is 1. The molecule has 4 nitrogen and oxygen atoms in total. The van der Waals surface area contributed by atoms with E-state index in [9.17, 15) is 9.59 Å². The molecule has 2 aliphatic carbocycles. The van der Waals surface area contributed by atoms with Gasteiger partial charge in [0.25, 0.3) is 0 Å². The molecule has 1 N–H and O–H groups in total. The number of amides is 2. The van der Waals surface area contributed by atoms with Crippen molar-refractivity contribution in [3.05, 3.63) is 35.9 Å². The normalized spacial score (nSPS) is 19.2. The van der Waals surface area contributed by atoms with Gasteiger partial charge >= 0.3 is 0 Å². The molecular weight excluding hydrogens is 252 g/mol. The predicted molar refractivity (Wildman–Crippen MR) is 75.7 cm³/mol. The molecule has 0 bridgehead atoms. The molecule has 4 heteroatoms. The zero-order chi connectivity index (χ0) is 14.2. The third-order valence-electron chi connectivity index (χ3n) is 4.12. The standard InChI is InChI=1S/C16H20N2O2/c1-18(11-12-5-3-2-4-6-12)15(20)16(9-10-16)14(19)17-13-7-8-13/h2-6,13H,7-11H2,1H3,(H,17,19). The third kappa shape index (κ3) is 2.55. The fourth-order valence-electron chi connectivity index (χ4n) is 2.51. The molecule has 20 heavy (non-hydrogen) atoms. The molecule has 1 aromatic carbocycles. The molecule has 1 aromatic rings. The monoisotopic (exact) mass is 272 g/mol. The van der Waals surface area contributed by atoms with Gasteiger partial charge < -0.3 is 10.2 Å². The minimum absolute atomic E-state index is 0.0421. The number of carbonyl (C=O) groups excluding carboxylic acids is 2. The van der Waals surface area contributed by atoms with Gasteiger partial charge in [0.05, 0.1) is 0 Å². The lowest BCUT2D eigenvalue weighted by Crippen LogP contribution is -2.44. The van der Waals surface area contributed by atoms with Crippen LogP contribution in [0, 0.1) is 5.41 Å². The predicted octanol–water partition coefficient (Wildman–Crippen LogP) is 1.70. The minimum Gasteiger partial charge on any atom is -0.352 e. The summed E-state index contributed by atoms with van der Waals surface area (Å²) in [5.74, 6) is -0.107. The number of benzene rings is 1. The molecule has 0 saturated heterocycles. The van der Waals surface area contributed by atoms with Crippen molar-refractivity contribution in [2.75, 3.05) is 7.05 Å². The van der Waals surface area contributed by atoms with Gasteiger partial charge in [-0.25, -0.2) is 0 Å². The SMILES string of the molecule is CN(Cc1ccccc1)C(=O)C1(C(=O)NC2CC2)CC1. The van der Waals surface area contributed by atoms with Crippen molar-refractivity contribution in [1.29, 1.82) is 0 Å². The summed E-state index contributed by atoms with van der Waals surface area (Å²) in [6.45, 7) is 0.554. The molecule has 2 fully saturated rings. The molecule has 2 amide bonds. The van der Waals surface area contributed by atoms with E-state index in [-0.39, 0.29) is 11.8 Å². The lowest BCUT2D eigenvalue weighted by Gasteiger charge is -2.23. The van der Waals surface area contributed by atoms with Gasteiger partial charge in [-0.2, -0.15) is 0 Å². The van der Waals surface area contributed by atoms with Crippen molar-refractivity contribution >= 4 is 11.8 Å². The van der Waals surface area contributed by atoms with E-state index in [0.717, 1.165) is 18.4 Å². The van der Waals surface area contributed by atoms with Crippen LogP contribution in [0.5, 0.6) is 0 Å². The van der Waals surface area contributed by atoms with Crippen LogP contribution in [0.1, 0.15) is 31.2 Å². The summed E-state index contributed by atoms with van der Waals surface area (Å²) in [6.07, 6.45) is 3.47. The zero-order valence-electron chi connectivity index (χ0n) is 11.8. The quantitative estimate of drug-likeness (QED) is 0.829. The highest BCUT2D eigenvalue weighted by molar-refractivity contribution is 6.07. The van der Waals surface area contributed by atoms with Gasteiger partial charge in [0.2, 0.25) is 11.8 Å². The van der Waals surface area contributed by atoms with Crippen molar-refractivity contribution in [2.24, 2.45) is 5.41 Å². The van der Waals surface area contributed by atoms with Crippen molar-refractivity contribution < 1.29 is 9.59 Å². The Balaban J connectivity index is 1.63. The molecule has 0 spiro atoms. The molecule has 0 unspecified atom stereocenters. The number of nitrogens with one attached hydrogen (secondary N) is 1. The lowest BCUT2D eigenvalue weighted by atomic mass is 10.0. The zero-order valence-corrected chi connectivity index (χ0v) is 11.8. The van der Waals surface area contributed by atoms with Gasteiger partial charge in [-0.1, -0.05) is 30.3 Å². The Hall–Kier alpha value is -1.84. The molecule has 0 atom stereocenters. The average Bonchev–Trinajstić information content (AvgIpc) is 3.33. The maximum atomic E-state index is 12.5. The van der Waals surface area contributed by atoms with Gasteiger partial charge in [0.1, 0.15) is 5.41 Å². The molecule has 0 radical (unpaired) electrons. The molecule has 2 aliphatic rings. The fourth-order valence-corrected chi connectivity index (χ4v) is 2.51. The molecule has 0 heterocycles. The van der Waals surface area contributed by atoms with Gasteiger partial charge in [-0.05, 0) is 31.2 Å². The molecular formula is C16H20N2O2. The highest BCUT2D eigenvalue weighted by Gasteiger charge is 2.58. The maximum Gasteiger partial charge on any atom is 0.238 e. The second-order valence-electron chi connectivity index (χ2n) is 5.98. The Kier molecular flexibility index (Phi) is 3.24. The summed E-state index contributed by atoms with van der Waals surface area (Å²) in [7, 11) is 1.78. The van der Waals surface area contributed by atoms with Gasteiger partial charge in [-0.15, -0.1) is 0 Å². The molecule has 3 rings (SSSR count). The van der Waals surface area contributed by atoms with Crippen molar-refractivity contribution in [3.8, 4) is 0 Å². The van der Waals surface area contributed by atoms with Crippen LogP contribution >= 0.6 is 0 Å². The average molecular weight is 272 g/mol. The summed E-state index contributed by atoms with van der Waals surface area (Å²) in [4.78, 5) is 26.4. The second kappa shape index (κ2) is 4.93. The molecule has 2 saturated carbocycles. The van der Waals surface area contributed by atoms with Crippen molar-refractivity contribution in [3.63, 3.8) is 0 Å². The van der Waals surface area contributed by atoms with E-state index in [4.69, 9.17) is 0 Å². The first-order valence-corrected chi connectivity index (χ1v) is 7.22. The van der Waals surface area contributed by atoms with E-state index in [2.05, 4.69) is 5.32 Å². The van der Waals surface area contributed by atoms with Crippen LogP contribution < -0.4 is 5.32 Å². The summed E-state index contributed by atoms with van der Waals surface area (Å²) in [6, 6.07) is 10.2. The third-order valence-corrected chi connectivity index (χ3v) is 4.12. The van der Waals surface area contributed by atoms with Crippen LogP contribution in [-0.4, -0.2) is 29.8 Å². The number of carbonyl (C=O) groups is 2. The molecule has 106 valence electrons. The van der Waals surface area contributed by atoms with Crippen molar-refractivity contribution in [1.82, 2.24) is 10.2 Å². The van der Waals surface area contributed by atoms with Crippen LogP contribution in [0.3, 0.4) is 0 Å². The highest BCUT2D eigenvalue weighted by Crippen LogP contribution is 2.48. The second-order valence-corrected chi connectivity index (χ2v) is 5.98. The van der Waals surface area contributed by atoms with Crippen LogP contribution in [0.2, 0.25) is 0 Å². The summed E-state index contributed by atoms with van der Waals surface area (Å²) >= 11 is 0. The Labute approximate surface area is 119 Å². The van der Waals surface area contributed by atoms with E-state index in [1.807, 2.05) is 30.3 Å². The first-order valence-electron chi connectivity index (χ1n) is 7.22. The van der Waals surface area contributed by atoms with Crippen LogP contribution in [0.4, 0.5) is 0 Å². The number of hydrogen-bond acceptors (Lipinski definition) is 2. The Morgan fingerprint density at radius 3 is 2.45 bits per heavy atom. The van der Waals surface area contributed by atoms with Crippen molar-refractivity contribution in [2.45, 2.75) is 38.3 Å². The fraction of sp³-hybridized carbons (Fsp3) is 0.500. The Bertz CT molecular complexity index is 519. The van der Waals surface area contributed by atoms with Gasteiger partial charge in [-0.3, -0.25) is 9.59 Å². The number of rotatable bonds is 5. The van der Waals surface area contributed by atoms with Crippen LogP contribution in [-0.2, 0) is 16.1 Å². The Morgan fingerprint density at radius 1 is 1.25 bits per heavy atom. The first kappa shape index (κ1) is 13.2. The van der Waals surface area contributed by atoms with E-state index in [1.165, 1.54) is 0 Å². The molecule has 0 aliphatic heterocycles. The van der Waals surface area contributed by atoms with Crippen LogP contribution in [0.15, 0.2) is 30.3 Å².